The van der Waals surface area contributed by atoms with Crippen molar-refractivity contribution in [3.05, 3.63) is 47.5 Å². The average Bonchev–Trinajstić information content (AvgIpc) is 3.13. The Morgan fingerprint density at radius 2 is 2.00 bits per heavy atom. The van der Waals surface area contributed by atoms with Crippen LogP contribution in [0.3, 0.4) is 0 Å². The van der Waals surface area contributed by atoms with E-state index in [9.17, 15) is 13.6 Å². The first kappa shape index (κ1) is 16.2. The molecular formula is C18H14F2O4S. The van der Waals surface area contributed by atoms with E-state index in [1.54, 1.807) is 25.1 Å². The van der Waals surface area contributed by atoms with Gasteiger partial charge in [-0.1, -0.05) is 12.1 Å². The minimum absolute atomic E-state index is 0.0167. The predicted octanol–water partition coefficient (Wildman–Crippen LogP) is 4.66. The first-order chi connectivity index (χ1) is 11.9. The molecule has 0 amide bonds. The molecule has 1 N–H and O–H groups in total. The summed E-state index contributed by atoms with van der Waals surface area (Å²) in [6.45, 7) is -1.15. The van der Waals surface area contributed by atoms with Crippen LogP contribution < -0.4 is 9.47 Å². The first-order valence-electron chi connectivity index (χ1n) is 7.71. The minimum Gasteiger partial charge on any atom is -0.481 e. The summed E-state index contributed by atoms with van der Waals surface area (Å²) in [5, 5.41) is 9.23. The van der Waals surface area contributed by atoms with Crippen LogP contribution in [0.5, 0.6) is 17.2 Å². The van der Waals surface area contributed by atoms with Crippen molar-refractivity contribution in [2.45, 2.75) is 29.6 Å². The van der Waals surface area contributed by atoms with Gasteiger partial charge in [0.05, 0.1) is 5.92 Å². The predicted molar refractivity (Wildman–Crippen MR) is 87.8 cm³/mol. The third-order valence-corrected chi connectivity index (χ3v) is 5.86. The van der Waals surface area contributed by atoms with Gasteiger partial charge in [-0.2, -0.15) is 8.78 Å². The summed E-state index contributed by atoms with van der Waals surface area (Å²) in [4.78, 5) is 12.1. The lowest BCUT2D eigenvalue weighted by atomic mass is 10.1. The van der Waals surface area contributed by atoms with Gasteiger partial charge in [-0.15, -0.1) is 11.8 Å². The lowest BCUT2D eigenvalue weighted by molar-refractivity contribution is -0.138. The summed E-state index contributed by atoms with van der Waals surface area (Å²) >= 11 is 1.53. The number of thioether (sulfide) groups is 1. The van der Waals surface area contributed by atoms with Crippen molar-refractivity contribution in [2.75, 3.05) is 0 Å². The van der Waals surface area contributed by atoms with Gasteiger partial charge in [-0.25, -0.2) is 0 Å². The number of ether oxygens (including phenoxy) is 2. The van der Waals surface area contributed by atoms with Crippen molar-refractivity contribution < 1.29 is 28.2 Å². The molecule has 3 atom stereocenters. The van der Waals surface area contributed by atoms with E-state index >= 15 is 0 Å². The number of aliphatic carboxylic acids is 1. The summed E-state index contributed by atoms with van der Waals surface area (Å²) in [6.07, 6.45) is 0. The fourth-order valence-corrected chi connectivity index (χ4v) is 4.83. The molecule has 25 heavy (non-hydrogen) atoms. The molecule has 0 bridgehead atoms. The molecule has 1 aliphatic carbocycles. The van der Waals surface area contributed by atoms with Crippen LogP contribution in [-0.2, 0) is 4.79 Å². The Morgan fingerprint density at radius 1 is 1.20 bits per heavy atom. The van der Waals surface area contributed by atoms with E-state index in [0.717, 1.165) is 16.0 Å². The molecule has 0 saturated heterocycles. The topological polar surface area (TPSA) is 55.8 Å². The molecule has 0 radical (unpaired) electrons. The lowest BCUT2D eigenvalue weighted by Gasteiger charge is -2.14. The molecule has 4 rings (SSSR count). The minimum atomic E-state index is -2.93. The SMILES string of the molecule is Cc1ccc(Oc2ccc3c(c2)SC2C(C(=O)O)C32)c(OC(F)F)c1. The van der Waals surface area contributed by atoms with E-state index in [1.807, 2.05) is 12.1 Å². The summed E-state index contributed by atoms with van der Waals surface area (Å²) in [7, 11) is 0. The number of benzene rings is 2. The van der Waals surface area contributed by atoms with E-state index in [1.165, 1.54) is 17.8 Å². The number of rotatable bonds is 5. The molecule has 4 nitrogen and oxygen atoms in total. The molecule has 1 aliphatic heterocycles. The molecule has 3 unspecified atom stereocenters. The van der Waals surface area contributed by atoms with E-state index in [0.29, 0.717) is 5.75 Å². The quantitative estimate of drug-likeness (QED) is 0.836. The molecule has 1 saturated carbocycles. The first-order valence-corrected chi connectivity index (χ1v) is 8.59. The second-order valence-corrected chi connectivity index (χ2v) is 7.32. The highest BCUT2D eigenvalue weighted by Crippen LogP contribution is 2.65. The van der Waals surface area contributed by atoms with Crippen LogP contribution in [0.1, 0.15) is 17.0 Å². The number of carboxylic acids is 1. The summed E-state index contributed by atoms with van der Waals surface area (Å²) in [5.74, 6) is -0.320. The number of carbonyl (C=O) groups is 1. The van der Waals surface area contributed by atoms with Crippen molar-refractivity contribution in [2.24, 2.45) is 5.92 Å². The monoisotopic (exact) mass is 364 g/mol. The van der Waals surface area contributed by atoms with Gasteiger partial charge in [0.15, 0.2) is 11.5 Å². The zero-order valence-electron chi connectivity index (χ0n) is 13.1. The Hall–Kier alpha value is -2.28. The van der Waals surface area contributed by atoms with Gasteiger partial charge in [0.25, 0.3) is 0 Å². The maximum atomic E-state index is 12.6. The van der Waals surface area contributed by atoms with Gasteiger partial charge < -0.3 is 14.6 Å². The van der Waals surface area contributed by atoms with Crippen LogP contribution in [0.15, 0.2) is 41.3 Å². The van der Waals surface area contributed by atoms with Crippen LogP contribution in [0.2, 0.25) is 0 Å². The van der Waals surface area contributed by atoms with Crippen LogP contribution in [-0.4, -0.2) is 22.9 Å². The third kappa shape index (κ3) is 2.93. The highest BCUT2D eigenvalue weighted by Gasteiger charge is 2.60. The third-order valence-electron chi connectivity index (χ3n) is 4.39. The van der Waals surface area contributed by atoms with Gasteiger partial charge in [-0.3, -0.25) is 4.79 Å². The lowest BCUT2D eigenvalue weighted by Crippen LogP contribution is -2.04. The molecule has 7 heteroatoms. The second kappa shape index (κ2) is 5.91. The van der Waals surface area contributed by atoms with Crippen molar-refractivity contribution in [3.63, 3.8) is 0 Å². The van der Waals surface area contributed by atoms with Crippen molar-refractivity contribution in [1.82, 2.24) is 0 Å². The van der Waals surface area contributed by atoms with E-state index in [4.69, 9.17) is 9.84 Å². The Labute approximate surface area is 146 Å². The number of alkyl halides is 2. The maximum Gasteiger partial charge on any atom is 0.387 e. The van der Waals surface area contributed by atoms with Gasteiger partial charge in [-0.05, 0) is 42.3 Å². The van der Waals surface area contributed by atoms with Gasteiger partial charge in [0.2, 0.25) is 0 Å². The maximum absolute atomic E-state index is 12.6. The smallest absolute Gasteiger partial charge is 0.387 e. The number of halogens is 2. The Bertz CT molecular complexity index is 855. The molecule has 0 aromatic heterocycles. The molecule has 1 heterocycles. The van der Waals surface area contributed by atoms with Gasteiger partial charge in [0, 0.05) is 16.1 Å². The summed E-state index contributed by atoms with van der Waals surface area (Å²) < 4.78 is 35.4. The van der Waals surface area contributed by atoms with Crippen LogP contribution >= 0.6 is 11.8 Å². The molecule has 1 fully saturated rings. The van der Waals surface area contributed by atoms with Crippen molar-refractivity contribution >= 4 is 17.7 Å². The highest BCUT2D eigenvalue weighted by atomic mass is 32.2. The van der Waals surface area contributed by atoms with Crippen molar-refractivity contribution in [3.8, 4) is 17.2 Å². The Morgan fingerprint density at radius 3 is 2.72 bits per heavy atom. The van der Waals surface area contributed by atoms with E-state index in [-0.39, 0.29) is 28.6 Å². The largest absolute Gasteiger partial charge is 0.481 e. The zero-order chi connectivity index (χ0) is 17.7. The molecule has 2 aliphatic rings. The average molecular weight is 364 g/mol. The number of fused-ring (bicyclic) bond motifs is 3. The normalized spacial score (nSPS) is 23.1. The van der Waals surface area contributed by atoms with Gasteiger partial charge in [0.1, 0.15) is 5.75 Å². The molecule has 130 valence electrons. The van der Waals surface area contributed by atoms with Crippen LogP contribution in [0.25, 0.3) is 0 Å². The molecular weight excluding hydrogens is 350 g/mol. The highest BCUT2D eigenvalue weighted by molar-refractivity contribution is 8.00. The number of hydrogen-bond donors (Lipinski definition) is 1. The van der Waals surface area contributed by atoms with E-state index in [2.05, 4.69) is 4.74 Å². The van der Waals surface area contributed by atoms with Crippen LogP contribution in [0.4, 0.5) is 8.78 Å². The van der Waals surface area contributed by atoms with E-state index < -0.39 is 12.6 Å². The fraction of sp³-hybridized carbons (Fsp3) is 0.278. The fourth-order valence-electron chi connectivity index (χ4n) is 3.21. The standard InChI is InChI=1S/C18H14F2O4S/c1-8-2-5-11(12(6-8)24-18(19)20)23-9-3-4-10-13(7-9)25-16-14(10)15(16)17(21)22/h2-7,14-16,18H,1H3,(H,21,22). The molecule has 2 aromatic carbocycles. The van der Waals surface area contributed by atoms with Crippen LogP contribution in [0, 0.1) is 12.8 Å². The number of carboxylic acid groups (broad SMARTS) is 1. The summed E-state index contributed by atoms with van der Waals surface area (Å²) in [5.41, 5.74) is 1.80. The Balaban J connectivity index is 1.57. The molecule has 0 spiro atoms. The zero-order valence-corrected chi connectivity index (χ0v) is 13.9. The summed E-state index contributed by atoms with van der Waals surface area (Å²) in [6, 6.07) is 10.2. The van der Waals surface area contributed by atoms with Gasteiger partial charge >= 0.3 is 12.6 Å². The molecule has 2 aromatic rings. The Kier molecular flexibility index (Phi) is 3.83. The number of aryl methyl sites for hydroxylation is 1. The number of hydrogen-bond acceptors (Lipinski definition) is 4. The second-order valence-electron chi connectivity index (χ2n) is 6.10. The van der Waals surface area contributed by atoms with Crippen molar-refractivity contribution in [1.29, 1.82) is 0 Å².